The van der Waals surface area contributed by atoms with Gasteiger partial charge in [-0.2, -0.15) is 0 Å². The summed E-state index contributed by atoms with van der Waals surface area (Å²) in [6, 6.07) is 30.7. The summed E-state index contributed by atoms with van der Waals surface area (Å²) in [6.45, 7) is 0. The van der Waals surface area contributed by atoms with Gasteiger partial charge in [0.25, 0.3) is 5.91 Å². The van der Waals surface area contributed by atoms with Crippen LogP contribution in [0, 0.1) is 5.82 Å². The lowest BCUT2D eigenvalue weighted by Gasteiger charge is -2.35. The third-order valence-electron chi connectivity index (χ3n) is 7.08. The van der Waals surface area contributed by atoms with E-state index in [1.54, 1.807) is 12.2 Å². The van der Waals surface area contributed by atoms with Crippen molar-refractivity contribution in [2.75, 3.05) is 17.1 Å². The molecule has 2 saturated heterocycles. The molecule has 2 aliphatic heterocycles. The van der Waals surface area contributed by atoms with Gasteiger partial charge in [-0.25, -0.2) is 14.4 Å². The first-order valence-electron chi connectivity index (χ1n) is 11.9. The van der Waals surface area contributed by atoms with Crippen LogP contribution in [0.15, 0.2) is 109 Å². The lowest BCUT2D eigenvalue weighted by molar-refractivity contribution is -0.126. The maximum absolute atomic E-state index is 14.6. The molecule has 0 saturated carbocycles. The average Bonchev–Trinajstić information content (AvgIpc) is 3.41. The van der Waals surface area contributed by atoms with Crippen LogP contribution in [-0.2, 0) is 19.8 Å². The highest BCUT2D eigenvalue weighted by atomic mass is 19.1. The fraction of sp³-hybridized carbons (Fsp3) is 0.133. The monoisotopic (exact) mass is 494 g/mol. The Bertz CT molecular complexity index is 1440. The topological polar surface area (TPSA) is 59.1 Å². The summed E-state index contributed by atoms with van der Waals surface area (Å²) < 4.78 is 19.1. The molecule has 7 heteroatoms. The van der Waals surface area contributed by atoms with Gasteiger partial charge in [0.05, 0.1) is 18.5 Å². The van der Waals surface area contributed by atoms with Crippen molar-refractivity contribution in [2.45, 2.75) is 17.6 Å². The molecule has 2 aliphatic rings. The molecule has 6 rings (SSSR count). The summed E-state index contributed by atoms with van der Waals surface area (Å²) in [5.74, 6) is -0.721. The third-order valence-corrected chi connectivity index (χ3v) is 7.08. The maximum atomic E-state index is 14.6. The van der Waals surface area contributed by atoms with Crippen molar-refractivity contribution in [3.63, 3.8) is 0 Å². The fourth-order valence-corrected chi connectivity index (χ4v) is 5.41. The van der Waals surface area contributed by atoms with Crippen LogP contribution in [0.25, 0.3) is 0 Å². The Kier molecular flexibility index (Phi) is 5.50. The maximum Gasteiger partial charge on any atom is 0.267 e. The molecular formula is C30H23FN2O4. The Morgan fingerprint density at radius 1 is 0.784 bits per heavy atom. The Hall–Kier alpha value is -4.49. The van der Waals surface area contributed by atoms with Gasteiger partial charge in [0.2, 0.25) is 5.91 Å². The number of nitrogens with zero attached hydrogens (tertiary/aromatic N) is 2. The number of fused-ring (bicyclic) bond motifs is 1. The smallest absolute Gasteiger partial charge is 0.267 e. The van der Waals surface area contributed by atoms with Gasteiger partial charge in [-0.15, -0.1) is 0 Å². The van der Waals surface area contributed by atoms with E-state index in [2.05, 4.69) is 0 Å². The van der Waals surface area contributed by atoms with Crippen LogP contribution in [0.4, 0.5) is 15.8 Å². The molecule has 2 heterocycles. The van der Waals surface area contributed by atoms with Gasteiger partial charge >= 0.3 is 0 Å². The van der Waals surface area contributed by atoms with Gasteiger partial charge in [0.15, 0.2) is 6.10 Å². The Morgan fingerprint density at radius 3 is 2.03 bits per heavy atom. The van der Waals surface area contributed by atoms with Crippen molar-refractivity contribution in [1.82, 2.24) is 0 Å². The van der Waals surface area contributed by atoms with Crippen LogP contribution in [-0.4, -0.2) is 25.0 Å². The first-order chi connectivity index (χ1) is 18.1. The quantitative estimate of drug-likeness (QED) is 0.357. The van der Waals surface area contributed by atoms with Crippen molar-refractivity contribution in [3.8, 4) is 5.75 Å². The number of carbonyl (C=O) groups excluding carboxylic acids is 2. The van der Waals surface area contributed by atoms with Crippen molar-refractivity contribution in [1.29, 1.82) is 0 Å². The number of carbonyl (C=O) groups is 2. The minimum atomic E-state index is -1.41. The minimum Gasteiger partial charge on any atom is -0.497 e. The average molecular weight is 495 g/mol. The van der Waals surface area contributed by atoms with E-state index >= 15 is 0 Å². The summed E-state index contributed by atoms with van der Waals surface area (Å²) in [5, 5.41) is 1.66. The molecule has 3 unspecified atom stereocenters. The van der Waals surface area contributed by atoms with Crippen molar-refractivity contribution < 1.29 is 23.6 Å². The zero-order valence-corrected chi connectivity index (χ0v) is 20.0. The standard InChI is InChI=1S/C30H23FN2O4/c1-36-25-18-12-20(13-19-25)26-30(21-8-4-2-5-9-21)27(37-33(26)24-10-6-3-7-11-24)28(34)32(29(30)35)23-16-14-22(31)15-17-23/h2-19,26-27H,1H3. The molecule has 0 aliphatic carbocycles. The molecule has 4 aromatic rings. The minimum absolute atomic E-state index is 0.296. The van der Waals surface area contributed by atoms with Crippen LogP contribution in [0.5, 0.6) is 5.75 Å². The van der Waals surface area contributed by atoms with E-state index in [9.17, 15) is 14.0 Å². The Morgan fingerprint density at radius 2 is 1.41 bits per heavy atom. The van der Waals surface area contributed by atoms with Crippen LogP contribution in [0.2, 0.25) is 0 Å². The Balaban J connectivity index is 1.60. The number of ether oxygens (including phenoxy) is 1. The molecule has 184 valence electrons. The van der Waals surface area contributed by atoms with E-state index in [0.29, 0.717) is 22.7 Å². The summed E-state index contributed by atoms with van der Waals surface area (Å²) >= 11 is 0. The highest BCUT2D eigenvalue weighted by Crippen LogP contribution is 2.57. The van der Waals surface area contributed by atoms with E-state index in [1.807, 2.05) is 84.9 Å². The SMILES string of the molecule is COc1ccc(C2N(c3ccccc3)OC3C(=O)N(c4ccc(F)cc4)C(=O)C32c2ccccc2)cc1. The Labute approximate surface area is 213 Å². The predicted octanol–water partition coefficient (Wildman–Crippen LogP) is 5.21. The molecule has 2 amide bonds. The normalized spacial score (nSPS) is 22.9. The molecule has 3 atom stereocenters. The molecule has 4 aromatic carbocycles. The lowest BCUT2D eigenvalue weighted by Crippen LogP contribution is -2.46. The molecule has 0 radical (unpaired) electrons. The van der Waals surface area contributed by atoms with Gasteiger partial charge in [-0.1, -0.05) is 60.7 Å². The second kappa shape index (κ2) is 8.87. The van der Waals surface area contributed by atoms with Crippen LogP contribution in [0.3, 0.4) is 0 Å². The molecule has 6 nitrogen and oxygen atoms in total. The van der Waals surface area contributed by atoms with Gasteiger partial charge in [0, 0.05) is 0 Å². The van der Waals surface area contributed by atoms with E-state index in [-0.39, 0.29) is 0 Å². The number of benzene rings is 4. The highest BCUT2D eigenvalue weighted by Gasteiger charge is 2.72. The highest BCUT2D eigenvalue weighted by molar-refractivity contribution is 6.28. The van der Waals surface area contributed by atoms with E-state index in [0.717, 1.165) is 10.5 Å². The molecule has 0 spiro atoms. The van der Waals surface area contributed by atoms with Crippen LogP contribution < -0.4 is 14.7 Å². The summed E-state index contributed by atoms with van der Waals surface area (Å²) in [6.07, 6.45) is -1.14. The molecule has 2 fully saturated rings. The summed E-state index contributed by atoms with van der Waals surface area (Å²) in [5.41, 5.74) is 1.03. The zero-order chi connectivity index (χ0) is 25.6. The van der Waals surface area contributed by atoms with Crippen molar-refractivity contribution in [2.24, 2.45) is 0 Å². The number of rotatable bonds is 5. The molecule has 0 N–H and O–H groups in total. The summed E-state index contributed by atoms with van der Waals surface area (Å²) in [4.78, 5) is 36.1. The summed E-state index contributed by atoms with van der Waals surface area (Å²) in [7, 11) is 1.59. The fourth-order valence-electron chi connectivity index (χ4n) is 5.41. The van der Waals surface area contributed by atoms with E-state index in [1.165, 1.54) is 24.3 Å². The third kappa shape index (κ3) is 3.42. The number of hydrogen-bond acceptors (Lipinski definition) is 5. The number of hydrogen-bond donors (Lipinski definition) is 0. The molecular weight excluding hydrogens is 471 g/mol. The van der Waals surface area contributed by atoms with E-state index < -0.39 is 35.2 Å². The van der Waals surface area contributed by atoms with Crippen molar-refractivity contribution >= 4 is 23.2 Å². The number of methoxy groups -OCH3 is 1. The molecule has 0 aromatic heterocycles. The first kappa shape index (κ1) is 22.9. The number of halogens is 1. The predicted molar refractivity (Wildman–Crippen MR) is 137 cm³/mol. The number of imide groups is 1. The van der Waals surface area contributed by atoms with Crippen LogP contribution in [0.1, 0.15) is 17.2 Å². The largest absolute Gasteiger partial charge is 0.497 e. The zero-order valence-electron chi connectivity index (χ0n) is 20.0. The van der Waals surface area contributed by atoms with Crippen LogP contribution >= 0.6 is 0 Å². The number of amides is 2. The lowest BCUT2D eigenvalue weighted by atomic mass is 9.69. The van der Waals surface area contributed by atoms with Gasteiger partial charge in [0.1, 0.15) is 23.0 Å². The second-order valence-corrected chi connectivity index (χ2v) is 9.01. The number of anilines is 2. The number of para-hydroxylation sites is 1. The molecule has 37 heavy (non-hydrogen) atoms. The van der Waals surface area contributed by atoms with E-state index in [4.69, 9.17) is 9.57 Å². The van der Waals surface area contributed by atoms with Crippen molar-refractivity contribution in [3.05, 3.63) is 126 Å². The first-order valence-corrected chi connectivity index (χ1v) is 11.9. The molecule has 0 bridgehead atoms. The van der Waals surface area contributed by atoms with Gasteiger partial charge in [-0.05, 0) is 59.7 Å². The van der Waals surface area contributed by atoms with Gasteiger partial charge < -0.3 is 4.74 Å². The number of hydroxylamine groups is 1. The van der Waals surface area contributed by atoms with Gasteiger partial charge in [-0.3, -0.25) is 14.4 Å². The second-order valence-electron chi connectivity index (χ2n) is 9.01.